The van der Waals surface area contributed by atoms with E-state index in [1.807, 2.05) is 11.9 Å². The van der Waals surface area contributed by atoms with E-state index < -0.39 is 9.84 Å². The average Bonchev–Trinajstić information content (AvgIpc) is 2.37. The van der Waals surface area contributed by atoms with Crippen LogP contribution in [-0.4, -0.2) is 45.5 Å². The fourth-order valence-electron chi connectivity index (χ4n) is 1.98. The quantitative estimate of drug-likeness (QED) is 0.757. The smallest absolute Gasteiger partial charge is 0.148 e. The molecule has 120 valence electrons. The highest BCUT2D eigenvalue weighted by atomic mass is 32.2. The lowest BCUT2D eigenvalue weighted by Crippen LogP contribution is -2.24. The van der Waals surface area contributed by atoms with Gasteiger partial charge in [0.25, 0.3) is 0 Å². The lowest BCUT2D eigenvalue weighted by atomic mass is 10.1. The van der Waals surface area contributed by atoms with Crippen LogP contribution in [0.25, 0.3) is 0 Å². The van der Waals surface area contributed by atoms with Crippen LogP contribution in [0.3, 0.4) is 0 Å². The molecule has 1 rings (SSSR count). The Bertz CT molecular complexity index is 510. The standard InChI is InChI=1S/C16H28N2O2S/c1-14(2)11-17-12-15-5-7-16(8-6-15)13-18(3)9-10-21(4,19)20/h5-8,14,17H,9-13H2,1-4H3. The summed E-state index contributed by atoms with van der Waals surface area (Å²) in [5.74, 6) is 0.869. The van der Waals surface area contributed by atoms with Gasteiger partial charge in [0, 0.05) is 25.9 Å². The number of hydrogen-bond acceptors (Lipinski definition) is 4. The van der Waals surface area contributed by atoms with E-state index in [4.69, 9.17) is 0 Å². The summed E-state index contributed by atoms with van der Waals surface area (Å²) in [5, 5.41) is 3.42. The summed E-state index contributed by atoms with van der Waals surface area (Å²) in [5.41, 5.74) is 2.48. The molecule has 0 saturated heterocycles. The molecule has 0 aliphatic carbocycles. The van der Waals surface area contributed by atoms with E-state index in [-0.39, 0.29) is 5.75 Å². The van der Waals surface area contributed by atoms with Gasteiger partial charge in [-0.15, -0.1) is 0 Å². The van der Waals surface area contributed by atoms with Crippen molar-refractivity contribution in [3.05, 3.63) is 35.4 Å². The Morgan fingerprint density at radius 2 is 1.71 bits per heavy atom. The monoisotopic (exact) mass is 312 g/mol. The van der Waals surface area contributed by atoms with Crippen LogP contribution >= 0.6 is 0 Å². The van der Waals surface area contributed by atoms with E-state index in [1.165, 1.54) is 17.4 Å². The zero-order chi connectivity index (χ0) is 15.9. The zero-order valence-corrected chi connectivity index (χ0v) is 14.4. The van der Waals surface area contributed by atoms with E-state index in [2.05, 4.69) is 43.4 Å². The fourth-order valence-corrected chi connectivity index (χ4v) is 2.62. The Morgan fingerprint density at radius 3 is 2.24 bits per heavy atom. The molecule has 1 N–H and O–H groups in total. The van der Waals surface area contributed by atoms with Gasteiger partial charge in [-0.1, -0.05) is 38.1 Å². The van der Waals surface area contributed by atoms with Crippen molar-refractivity contribution in [1.29, 1.82) is 0 Å². The molecular formula is C16H28N2O2S. The fraction of sp³-hybridized carbons (Fsp3) is 0.625. The Hall–Kier alpha value is -0.910. The van der Waals surface area contributed by atoms with Crippen molar-refractivity contribution in [1.82, 2.24) is 10.2 Å². The molecule has 0 amide bonds. The summed E-state index contributed by atoms with van der Waals surface area (Å²) in [6, 6.07) is 8.49. The van der Waals surface area contributed by atoms with Gasteiger partial charge in [0.2, 0.25) is 0 Å². The first kappa shape index (κ1) is 18.1. The van der Waals surface area contributed by atoms with Crippen molar-refractivity contribution in [3.63, 3.8) is 0 Å². The highest BCUT2D eigenvalue weighted by molar-refractivity contribution is 7.90. The highest BCUT2D eigenvalue weighted by Crippen LogP contribution is 2.07. The topological polar surface area (TPSA) is 49.4 Å². The minimum absolute atomic E-state index is 0.209. The predicted molar refractivity (Wildman–Crippen MR) is 89.0 cm³/mol. The Labute approximate surface area is 129 Å². The Balaban J connectivity index is 2.39. The first-order valence-electron chi connectivity index (χ1n) is 7.41. The third-order valence-corrected chi connectivity index (χ3v) is 4.13. The van der Waals surface area contributed by atoms with E-state index in [0.717, 1.165) is 19.6 Å². The van der Waals surface area contributed by atoms with Crippen molar-refractivity contribution >= 4 is 9.84 Å². The van der Waals surface area contributed by atoms with Crippen molar-refractivity contribution in [3.8, 4) is 0 Å². The summed E-state index contributed by atoms with van der Waals surface area (Å²) < 4.78 is 22.3. The molecule has 0 heterocycles. The van der Waals surface area contributed by atoms with E-state index in [0.29, 0.717) is 12.5 Å². The molecule has 0 atom stereocenters. The van der Waals surface area contributed by atoms with Gasteiger partial charge in [0.1, 0.15) is 9.84 Å². The number of nitrogens with zero attached hydrogens (tertiary/aromatic N) is 1. The van der Waals surface area contributed by atoms with Crippen molar-refractivity contribution in [2.45, 2.75) is 26.9 Å². The van der Waals surface area contributed by atoms with Crippen molar-refractivity contribution in [2.75, 3.05) is 32.1 Å². The molecule has 0 bridgehead atoms. The zero-order valence-electron chi connectivity index (χ0n) is 13.6. The molecule has 0 fully saturated rings. The van der Waals surface area contributed by atoms with E-state index >= 15 is 0 Å². The van der Waals surface area contributed by atoms with Gasteiger partial charge in [-0.05, 0) is 30.6 Å². The molecule has 0 aromatic heterocycles. The van der Waals surface area contributed by atoms with Gasteiger partial charge in [0.05, 0.1) is 5.75 Å². The van der Waals surface area contributed by atoms with Gasteiger partial charge in [0.15, 0.2) is 0 Å². The maximum atomic E-state index is 11.1. The third-order valence-electron chi connectivity index (χ3n) is 3.20. The Kier molecular flexibility index (Phi) is 7.35. The van der Waals surface area contributed by atoms with Crippen LogP contribution in [0.1, 0.15) is 25.0 Å². The Morgan fingerprint density at radius 1 is 1.14 bits per heavy atom. The second-order valence-electron chi connectivity index (χ2n) is 6.21. The summed E-state index contributed by atoms with van der Waals surface area (Å²) in [4.78, 5) is 2.03. The number of benzene rings is 1. The lowest BCUT2D eigenvalue weighted by molar-refractivity contribution is 0.346. The van der Waals surface area contributed by atoms with Crippen LogP contribution in [0.4, 0.5) is 0 Å². The van der Waals surface area contributed by atoms with Crippen LogP contribution in [-0.2, 0) is 22.9 Å². The summed E-state index contributed by atoms with van der Waals surface area (Å²) in [6.45, 7) is 7.65. The molecule has 5 heteroatoms. The number of sulfone groups is 1. The first-order chi connectivity index (χ1) is 9.76. The number of rotatable bonds is 9. The van der Waals surface area contributed by atoms with Gasteiger partial charge < -0.3 is 10.2 Å². The SMILES string of the molecule is CC(C)CNCc1ccc(CN(C)CCS(C)(=O)=O)cc1. The van der Waals surface area contributed by atoms with Crippen molar-refractivity contribution < 1.29 is 8.42 Å². The number of nitrogens with one attached hydrogen (secondary N) is 1. The highest BCUT2D eigenvalue weighted by Gasteiger charge is 2.06. The predicted octanol–water partition coefficient (Wildman–Crippen LogP) is 1.91. The molecule has 1 aromatic rings. The first-order valence-corrected chi connectivity index (χ1v) is 9.47. The molecule has 0 spiro atoms. The summed E-state index contributed by atoms with van der Waals surface area (Å²) >= 11 is 0. The normalized spacial score (nSPS) is 12.3. The van der Waals surface area contributed by atoms with Crippen LogP contribution in [0.2, 0.25) is 0 Å². The molecule has 0 saturated carbocycles. The molecule has 1 aromatic carbocycles. The summed E-state index contributed by atoms with van der Waals surface area (Å²) in [6.07, 6.45) is 1.28. The van der Waals surface area contributed by atoms with Crippen molar-refractivity contribution in [2.24, 2.45) is 5.92 Å². The minimum Gasteiger partial charge on any atom is -0.312 e. The molecule has 0 aliphatic rings. The molecule has 0 unspecified atom stereocenters. The molecule has 21 heavy (non-hydrogen) atoms. The lowest BCUT2D eigenvalue weighted by Gasteiger charge is -2.16. The van der Waals surface area contributed by atoms with Crippen LogP contribution in [0.5, 0.6) is 0 Å². The molecule has 0 radical (unpaired) electrons. The number of hydrogen-bond donors (Lipinski definition) is 1. The van der Waals surface area contributed by atoms with Crippen LogP contribution in [0, 0.1) is 5.92 Å². The maximum Gasteiger partial charge on any atom is 0.148 e. The minimum atomic E-state index is -2.89. The molecule has 4 nitrogen and oxygen atoms in total. The van der Waals surface area contributed by atoms with Gasteiger partial charge in [-0.2, -0.15) is 0 Å². The third kappa shape index (κ3) is 8.86. The van der Waals surface area contributed by atoms with Crippen LogP contribution < -0.4 is 5.32 Å². The van der Waals surface area contributed by atoms with Gasteiger partial charge >= 0.3 is 0 Å². The van der Waals surface area contributed by atoms with Crippen LogP contribution in [0.15, 0.2) is 24.3 Å². The second-order valence-corrected chi connectivity index (χ2v) is 8.47. The molecular weight excluding hydrogens is 284 g/mol. The average molecular weight is 312 g/mol. The van der Waals surface area contributed by atoms with E-state index in [1.54, 1.807) is 0 Å². The largest absolute Gasteiger partial charge is 0.312 e. The summed E-state index contributed by atoms with van der Waals surface area (Å²) in [7, 11) is -0.938. The maximum absolute atomic E-state index is 11.1. The second kappa shape index (κ2) is 8.51. The van der Waals surface area contributed by atoms with Gasteiger partial charge in [-0.25, -0.2) is 8.42 Å². The van der Waals surface area contributed by atoms with Gasteiger partial charge in [-0.3, -0.25) is 0 Å². The molecule has 0 aliphatic heterocycles. The van der Waals surface area contributed by atoms with E-state index in [9.17, 15) is 8.42 Å².